The quantitative estimate of drug-likeness (QED) is 0.668. The number of methoxy groups -OCH3 is 1. The Balaban J connectivity index is 1.57. The van der Waals surface area contributed by atoms with Crippen LogP contribution in [0.25, 0.3) is 0 Å². The molecule has 0 aromatic heterocycles. The van der Waals surface area contributed by atoms with Gasteiger partial charge in [0, 0.05) is 38.4 Å². The average Bonchev–Trinajstić information content (AvgIpc) is 3.04. The fourth-order valence-electron chi connectivity index (χ4n) is 2.80. The van der Waals surface area contributed by atoms with E-state index in [1.54, 1.807) is 7.11 Å². The second kappa shape index (κ2) is 5.99. The Kier molecular flexibility index (Phi) is 4.62. The summed E-state index contributed by atoms with van der Waals surface area (Å²) in [6.07, 6.45) is 6.62. The Morgan fingerprint density at radius 1 is 1.31 bits per heavy atom. The topological polar surface area (TPSA) is 24.5 Å². The first-order valence-electron chi connectivity index (χ1n) is 6.79. The maximum Gasteiger partial charge on any atom is 0.0462 e. The molecule has 3 heteroatoms. The Morgan fingerprint density at radius 3 is 2.81 bits per heavy atom. The normalized spacial score (nSPS) is 31.1. The van der Waals surface area contributed by atoms with E-state index >= 15 is 0 Å². The number of nitrogens with one attached hydrogen (secondary N) is 1. The highest BCUT2D eigenvalue weighted by Gasteiger charge is 2.38. The van der Waals surface area contributed by atoms with Gasteiger partial charge in [-0.2, -0.15) is 0 Å². The summed E-state index contributed by atoms with van der Waals surface area (Å²) in [6, 6.07) is 2.46. The lowest BCUT2D eigenvalue weighted by Gasteiger charge is -2.19. The van der Waals surface area contributed by atoms with Gasteiger partial charge < -0.3 is 10.1 Å². The van der Waals surface area contributed by atoms with Crippen molar-refractivity contribution in [1.82, 2.24) is 10.2 Å². The molecule has 16 heavy (non-hydrogen) atoms. The minimum Gasteiger partial charge on any atom is -0.385 e. The molecule has 2 aliphatic rings. The molecule has 2 unspecified atom stereocenters. The van der Waals surface area contributed by atoms with E-state index in [1.807, 2.05) is 0 Å². The number of nitrogens with zero attached hydrogens (tertiary/aromatic N) is 1. The van der Waals surface area contributed by atoms with Crippen molar-refractivity contribution >= 4 is 0 Å². The average molecular weight is 226 g/mol. The van der Waals surface area contributed by atoms with Crippen LogP contribution in [0.15, 0.2) is 0 Å². The molecule has 0 aromatic rings. The molecule has 0 bridgehead atoms. The summed E-state index contributed by atoms with van der Waals surface area (Å²) in [5, 5.41) is 3.69. The van der Waals surface area contributed by atoms with E-state index in [-0.39, 0.29) is 0 Å². The van der Waals surface area contributed by atoms with E-state index in [4.69, 9.17) is 4.74 Å². The second-order valence-corrected chi connectivity index (χ2v) is 5.36. The van der Waals surface area contributed by atoms with E-state index in [0.29, 0.717) is 0 Å². The molecule has 3 nitrogen and oxygen atoms in total. The zero-order valence-electron chi connectivity index (χ0n) is 10.7. The van der Waals surface area contributed by atoms with Gasteiger partial charge in [-0.05, 0) is 45.6 Å². The highest BCUT2D eigenvalue weighted by atomic mass is 16.5. The van der Waals surface area contributed by atoms with Gasteiger partial charge in [0.1, 0.15) is 0 Å². The third-order valence-electron chi connectivity index (χ3n) is 3.85. The molecule has 1 aliphatic carbocycles. The molecule has 0 spiro atoms. The van der Waals surface area contributed by atoms with Crippen LogP contribution in [0, 0.1) is 0 Å². The largest absolute Gasteiger partial charge is 0.385 e. The molecule has 1 heterocycles. The van der Waals surface area contributed by atoms with E-state index in [2.05, 4.69) is 17.1 Å². The molecule has 0 aromatic carbocycles. The number of hydrogen-bond donors (Lipinski definition) is 1. The number of hydrogen-bond acceptors (Lipinski definition) is 3. The van der Waals surface area contributed by atoms with Gasteiger partial charge in [-0.1, -0.05) is 0 Å². The number of rotatable bonds is 7. The molecule has 1 saturated heterocycles. The molecule has 0 amide bonds. The summed E-state index contributed by atoms with van der Waals surface area (Å²) in [5.74, 6) is 0. The number of unbranched alkanes of at least 4 members (excludes halogenated alkanes) is 1. The van der Waals surface area contributed by atoms with Gasteiger partial charge >= 0.3 is 0 Å². The Labute approximate surface area is 99.5 Å². The van der Waals surface area contributed by atoms with E-state index in [0.717, 1.165) is 31.3 Å². The smallest absolute Gasteiger partial charge is 0.0462 e. The summed E-state index contributed by atoms with van der Waals surface area (Å²) in [6.45, 7) is 5.71. The van der Waals surface area contributed by atoms with Crippen LogP contribution in [0.1, 0.15) is 39.0 Å². The van der Waals surface area contributed by atoms with Crippen molar-refractivity contribution in [3.8, 4) is 0 Å². The fraction of sp³-hybridized carbons (Fsp3) is 1.00. The van der Waals surface area contributed by atoms with Crippen molar-refractivity contribution in [3.05, 3.63) is 0 Å². The third-order valence-corrected chi connectivity index (χ3v) is 3.85. The van der Waals surface area contributed by atoms with Gasteiger partial charge in [0.2, 0.25) is 0 Å². The zero-order valence-corrected chi connectivity index (χ0v) is 10.7. The molecule has 2 atom stereocenters. The van der Waals surface area contributed by atoms with E-state index in [1.165, 1.54) is 38.6 Å². The monoisotopic (exact) mass is 226 g/mol. The van der Waals surface area contributed by atoms with Crippen LogP contribution in [-0.2, 0) is 4.74 Å². The van der Waals surface area contributed by atoms with Crippen LogP contribution in [0.2, 0.25) is 0 Å². The summed E-state index contributed by atoms with van der Waals surface area (Å²) in [4.78, 5) is 2.70. The van der Waals surface area contributed by atoms with Crippen molar-refractivity contribution in [2.45, 2.75) is 57.2 Å². The molecular weight excluding hydrogens is 200 g/mol. The lowest BCUT2D eigenvalue weighted by Crippen LogP contribution is -2.34. The predicted molar refractivity (Wildman–Crippen MR) is 66.7 cm³/mol. The standard InChI is InChI=1S/C13H26N2O/c1-11-9-12(10-15(11)13-5-6-13)14-7-3-4-8-16-2/h11-14H,3-10H2,1-2H3. The Bertz CT molecular complexity index is 206. The van der Waals surface area contributed by atoms with Gasteiger partial charge in [-0.15, -0.1) is 0 Å². The summed E-state index contributed by atoms with van der Waals surface area (Å²) < 4.78 is 5.05. The SMILES string of the molecule is COCCCCNC1CC(C)N(C2CC2)C1. The summed E-state index contributed by atoms with van der Waals surface area (Å²) in [5.41, 5.74) is 0. The van der Waals surface area contributed by atoms with Crippen molar-refractivity contribution < 1.29 is 4.74 Å². The van der Waals surface area contributed by atoms with Crippen molar-refractivity contribution in [1.29, 1.82) is 0 Å². The van der Waals surface area contributed by atoms with E-state index < -0.39 is 0 Å². The lowest BCUT2D eigenvalue weighted by atomic mass is 10.2. The van der Waals surface area contributed by atoms with Crippen LogP contribution in [0.5, 0.6) is 0 Å². The van der Waals surface area contributed by atoms with Gasteiger partial charge in [0.15, 0.2) is 0 Å². The van der Waals surface area contributed by atoms with Gasteiger partial charge in [0.05, 0.1) is 0 Å². The molecule has 2 fully saturated rings. The summed E-state index contributed by atoms with van der Waals surface area (Å²) >= 11 is 0. The van der Waals surface area contributed by atoms with Crippen LogP contribution >= 0.6 is 0 Å². The van der Waals surface area contributed by atoms with Crippen molar-refractivity contribution in [3.63, 3.8) is 0 Å². The maximum atomic E-state index is 5.05. The zero-order chi connectivity index (χ0) is 11.4. The maximum absolute atomic E-state index is 5.05. The number of likely N-dealkylation sites (tertiary alicyclic amines) is 1. The minimum atomic E-state index is 0.734. The third kappa shape index (κ3) is 3.44. The van der Waals surface area contributed by atoms with Crippen LogP contribution < -0.4 is 5.32 Å². The lowest BCUT2D eigenvalue weighted by molar-refractivity contribution is 0.192. The Morgan fingerprint density at radius 2 is 2.12 bits per heavy atom. The highest BCUT2D eigenvalue weighted by molar-refractivity contribution is 4.95. The second-order valence-electron chi connectivity index (χ2n) is 5.36. The van der Waals surface area contributed by atoms with Crippen LogP contribution in [0.4, 0.5) is 0 Å². The first-order valence-corrected chi connectivity index (χ1v) is 6.79. The Hall–Kier alpha value is -0.120. The first-order chi connectivity index (χ1) is 7.81. The molecule has 1 N–H and O–H groups in total. The first kappa shape index (κ1) is 12.3. The molecule has 94 valence electrons. The number of ether oxygens (including phenoxy) is 1. The van der Waals surface area contributed by atoms with Crippen LogP contribution in [-0.4, -0.2) is 49.8 Å². The van der Waals surface area contributed by atoms with Crippen molar-refractivity contribution in [2.24, 2.45) is 0 Å². The van der Waals surface area contributed by atoms with Gasteiger partial charge in [-0.3, -0.25) is 4.90 Å². The van der Waals surface area contributed by atoms with Crippen molar-refractivity contribution in [2.75, 3.05) is 26.8 Å². The highest BCUT2D eigenvalue weighted by Crippen LogP contribution is 2.33. The molecular formula is C13H26N2O. The molecule has 2 rings (SSSR count). The van der Waals surface area contributed by atoms with E-state index in [9.17, 15) is 0 Å². The minimum absolute atomic E-state index is 0.734. The van der Waals surface area contributed by atoms with Crippen LogP contribution in [0.3, 0.4) is 0 Å². The fourth-order valence-corrected chi connectivity index (χ4v) is 2.80. The molecule has 1 saturated carbocycles. The summed E-state index contributed by atoms with van der Waals surface area (Å²) in [7, 11) is 1.78. The molecule has 1 aliphatic heterocycles. The van der Waals surface area contributed by atoms with Gasteiger partial charge in [-0.25, -0.2) is 0 Å². The molecule has 0 radical (unpaired) electrons. The van der Waals surface area contributed by atoms with Gasteiger partial charge in [0.25, 0.3) is 0 Å². The predicted octanol–water partition coefficient (Wildman–Crippen LogP) is 1.63.